The van der Waals surface area contributed by atoms with E-state index in [2.05, 4.69) is 15.0 Å². The summed E-state index contributed by atoms with van der Waals surface area (Å²) in [7, 11) is 2.91. The number of amides is 2. The molecular weight excluding hydrogens is 382 g/mol. The maximum Gasteiger partial charge on any atom is 0.413 e. The monoisotopic (exact) mass is 399 g/mol. The van der Waals surface area contributed by atoms with Gasteiger partial charge in [0.2, 0.25) is 0 Å². The van der Waals surface area contributed by atoms with Gasteiger partial charge in [-0.2, -0.15) is 0 Å². The number of hydrogen-bond acceptors (Lipinski definition) is 5. The summed E-state index contributed by atoms with van der Waals surface area (Å²) in [6.45, 7) is -0.183. The third kappa shape index (κ3) is 4.32. The third-order valence-corrected chi connectivity index (χ3v) is 4.35. The molecule has 2 amide bonds. The maximum atomic E-state index is 12.2. The highest BCUT2D eigenvalue weighted by Gasteiger charge is 2.12. The molecule has 0 bridgehead atoms. The second-order valence-electron chi connectivity index (χ2n) is 5.86. The molecule has 2 aromatic carbocycles. The number of benzene rings is 2. The van der Waals surface area contributed by atoms with Crippen LogP contribution in [0.5, 0.6) is 5.75 Å². The first-order valence-corrected chi connectivity index (χ1v) is 8.75. The molecule has 144 valence electrons. The highest BCUT2D eigenvalue weighted by Crippen LogP contribution is 2.29. The lowest BCUT2D eigenvalue weighted by atomic mass is 10.2. The van der Waals surface area contributed by atoms with Gasteiger partial charge in [0.15, 0.2) is 6.61 Å². The fourth-order valence-corrected chi connectivity index (χ4v) is 2.79. The van der Waals surface area contributed by atoms with Crippen LogP contribution in [0.4, 0.5) is 16.2 Å². The van der Waals surface area contributed by atoms with Gasteiger partial charge in [0.05, 0.1) is 12.1 Å². The Morgan fingerprint density at radius 3 is 2.61 bits per heavy atom. The van der Waals surface area contributed by atoms with Crippen LogP contribution in [0.2, 0.25) is 5.02 Å². The van der Waals surface area contributed by atoms with E-state index in [0.29, 0.717) is 27.7 Å². The summed E-state index contributed by atoms with van der Waals surface area (Å²) in [4.78, 5) is 29.3. The largest absolute Gasteiger partial charge is 0.481 e. The molecule has 8 heteroatoms. The van der Waals surface area contributed by atoms with Crippen LogP contribution in [-0.4, -0.2) is 37.7 Å². The van der Waals surface area contributed by atoms with Gasteiger partial charge in [-0.25, -0.2) is 4.79 Å². The van der Waals surface area contributed by atoms with E-state index in [1.54, 1.807) is 55.7 Å². The molecule has 0 saturated carbocycles. The Morgan fingerprint density at radius 2 is 1.89 bits per heavy atom. The fraction of sp³-hybridized carbons (Fsp3) is 0.150. The third-order valence-electron chi connectivity index (χ3n) is 4.03. The highest BCUT2D eigenvalue weighted by molar-refractivity contribution is 6.35. The highest BCUT2D eigenvalue weighted by atomic mass is 35.5. The predicted molar refractivity (Wildman–Crippen MR) is 108 cm³/mol. The zero-order chi connectivity index (χ0) is 20.1. The van der Waals surface area contributed by atoms with Crippen LogP contribution in [0.3, 0.4) is 0 Å². The second-order valence-corrected chi connectivity index (χ2v) is 6.27. The van der Waals surface area contributed by atoms with Gasteiger partial charge in [0.25, 0.3) is 5.91 Å². The number of fused-ring (bicyclic) bond motifs is 1. The molecular formula is C20H18ClN3O4. The van der Waals surface area contributed by atoms with Crippen molar-refractivity contribution >= 4 is 45.9 Å². The Labute approximate surface area is 166 Å². The minimum Gasteiger partial charge on any atom is -0.481 e. The molecule has 0 fully saturated rings. The standard InChI is InChI=1S/C20H18ClN3O4/c1-24(20(26)27-2)14-7-5-13(6-8-14)23-18(25)12-28-17-10-9-16(21)15-4-3-11-22-19(15)17/h3-11H,12H2,1-2H3,(H,23,25). The van der Waals surface area contributed by atoms with Crippen LogP contribution in [0.25, 0.3) is 10.9 Å². The van der Waals surface area contributed by atoms with Crippen molar-refractivity contribution in [2.45, 2.75) is 0 Å². The molecule has 1 N–H and O–H groups in total. The summed E-state index contributed by atoms with van der Waals surface area (Å²) >= 11 is 6.16. The first-order chi connectivity index (χ1) is 13.5. The maximum absolute atomic E-state index is 12.2. The van der Waals surface area contributed by atoms with Crippen molar-refractivity contribution in [1.29, 1.82) is 0 Å². The van der Waals surface area contributed by atoms with Crippen molar-refractivity contribution in [1.82, 2.24) is 4.98 Å². The summed E-state index contributed by atoms with van der Waals surface area (Å²) in [6.07, 6.45) is 1.16. The Morgan fingerprint density at radius 1 is 1.14 bits per heavy atom. The van der Waals surface area contributed by atoms with Crippen LogP contribution >= 0.6 is 11.6 Å². The molecule has 7 nitrogen and oxygen atoms in total. The molecule has 0 saturated heterocycles. The van der Waals surface area contributed by atoms with Crippen molar-refractivity contribution in [3.63, 3.8) is 0 Å². The molecule has 1 heterocycles. The Balaban J connectivity index is 1.62. The molecule has 3 rings (SSSR count). The van der Waals surface area contributed by atoms with E-state index >= 15 is 0 Å². The number of anilines is 2. The van der Waals surface area contributed by atoms with E-state index in [4.69, 9.17) is 16.3 Å². The van der Waals surface area contributed by atoms with Crippen LogP contribution < -0.4 is 15.0 Å². The quantitative estimate of drug-likeness (QED) is 0.698. The first kappa shape index (κ1) is 19.4. The molecule has 0 unspecified atom stereocenters. The van der Waals surface area contributed by atoms with E-state index in [0.717, 1.165) is 5.39 Å². The number of halogens is 1. The average Bonchev–Trinajstić information content (AvgIpc) is 2.73. The number of aromatic nitrogens is 1. The van der Waals surface area contributed by atoms with E-state index in [1.807, 2.05) is 6.07 Å². The minimum absolute atomic E-state index is 0.183. The van der Waals surface area contributed by atoms with Crippen molar-refractivity contribution in [3.05, 3.63) is 59.8 Å². The summed E-state index contributed by atoms with van der Waals surface area (Å²) < 4.78 is 10.3. The lowest BCUT2D eigenvalue weighted by Gasteiger charge is -2.16. The zero-order valence-corrected chi connectivity index (χ0v) is 16.1. The Hall–Kier alpha value is -3.32. The van der Waals surface area contributed by atoms with Crippen LogP contribution in [0.15, 0.2) is 54.7 Å². The van der Waals surface area contributed by atoms with Crippen LogP contribution in [0, 0.1) is 0 Å². The number of carbonyl (C=O) groups is 2. The summed E-state index contributed by atoms with van der Waals surface area (Å²) in [6, 6.07) is 13.8. The van der Waals surface area contributed by atoms with Crippen LogP contribution in [-0.2, 0) is 9.53 Å². The Kier molecular flexibility index (Phi) is 5.96. The number of hydrogen-bond donors (Lipinski definition) is 1. The predicted octanol–water partition coefficient (Wildman–Crippen LogP) is 4.11. The van der Waals surface area contributed by atoms with Gasteiger partial charge in [-0.05, 0) is 48.5 Å². The van der Waals surface area contributed by atoms with Gasteiger partial charge in [0, 0.05) is 30.0 Å². The van der Waals surface area contributed by atoms with Crippen molar-refractivity contribution in [2.24, 2.45) is 0 Å². The smallest absolute Gasteiger partial charge is 0.413 e. The first-order valence-electron chi connectivity index (χ1n) is 8.37. The van der Waals surface area contributed by atoms with Crippen LogP contribution in [0.1, 0.15) is 0 Å². The van der Waals surface area contributed by atoms with Gasteiger partial charge in [-0.1, -0.05) is 11.6 Å². The van der Waals surface area contributed by atoms with Gasteiger partial charge < -0.3 is 14.8 Å². The number of nitrogens with zero attached hydrogens (tertiary/aromatic N) is 2. The van der Waals surface area contributed by atoms with E-state index < -0.39 is 6.09 Å². The van der Waals surface area contributed by atoms with Crippen molar-refractivity contribution in [3.8, 4) is 5.75 Å². The number of carbonyl (C=O) groups excluding carboxylic acids is 2. The average molecular weight is 400 g/mol. The lowest BCUT2D eigenvalue weighted by molar-refractivity contribution is -0.118. The molecule has 0 aliphatic carbocycles. The Bertz CT molecular complexity index is 1010. The fourth-order valence-electron chi connectivity index (χ4n) is 2.58. The number of ether oxygens (including phenoxy) is 2. The molecule has 0 radical (unpaired) electrons. The minimum atomic E-state index is -0.478. The van der Waals surface area contributed by atoms with E-state index in [-0.39, 0.29) is 12.5 Å². The topological polar surface area (TPSA) is 80.8 Å². The van der Waals surface area contributed by atoms with Gasteiger partial charge in [-0.3, -0.25) is 14.7 Å². The lowest BCUT2D eigenvalue weighted by Crippen LogP contribution is -2.25. The molecule has 0 spiro atoms. The van der Waals surface area contributed by atoms with Gasteiger partial charge in [0.1, 0.15) is 11.3 Å². The molecule has 1 aromatic heterocycles. The molecule has 0 aliphatic heterocycles. The summed E-state index contributed by atoms with van der Waals surface area (Å²) in [5.41, 5.74) is 1.81. The van der Waals surface area contributed by atoms with Gasteiger partial charge in [-0.15, -0.1) is 0 Å². The number of rotatable bonds is 5. The van der Waals surface area contributed by atoms with Crippen molar-refractivity contribution < 1.29 is 19.1 Å². The summed E-state index contributed by atoms with van der Waals surface area (Å²) in [5, 5.41) is 4.06. The molecule has 3 aromatic rings. The summed E-state index contributed by atoms with van der Waals surface area (Å²) in [5.74, 6) is 0.151. The van der Waals surface area contributed by atoms with Crippen molar-refractivity contribution in [2.75, 3.05) is 31.0 Å². The van der Waals surface area contributed by atoms with E-state index in [9.17, 15) is 9.59 Å². The molecule has 0 atom stereocenters. The molecule has 28 heavy (non-hydrogen) atoms. The SMILES string of the molecule is COC(=O)N(C)c1ccc(NC(=O)COc2ccc(Cl)c3cccnc23)cc1. The number of methoxy groups -OCH3 is 1. The number of nitrogens with one attached hydrogen (secondary N) is 1. The number of pyridine rings is 1. The normalized spacial score (nSPS) is 10.4. The zero-order valence-electron chi connectivity index (χ0n) is 15.3. The van der Waals surface area contributed by atoms with Gasteiger partial charge >= 0.3 is 6.09 Å². The second kappa shape index (κ2) is 8.58. The van der Waals surface area contributed by atoms with E-state index in [1.165, 1.54) is 12.0 Å². The molecule has 0 aliphatic rings.